The Labute approximate surface area is 384 Å². The van der Waals surface area contributed by atoms with Gasteiger partial charge in [0.25, 0.3) is 0 Å². The average molecular weight is 860 g/mol. The Morgan fingerprint density at radius 3 is 1.69 bits per heavy atom. The highest BCUT2D eigenvalue weighted by Crippen LogP contribution is 2.63. The van der Waals surface area contributed by atoms with Crippen molar-refractivity contribution >= 4 is 11.9 Å². The molecule has 0 spiro atoms. The zero-order valence-electron chi connectivity index (χ0n) is 41.5. The molecule has 0 aromatic carbocycles. The van der Waals surface area contributed by atoms with Crippen molar-refractivity contribution in [2.24, 2.45) is 40.9 Å². The molecule has 3 fully saturated rings. The summed E-state index contributed by atoms with van der Waals surface area (Å²) in [6, 6.07) is 0. The zero-order valence-corrected chi connectivity index (χ0v) is 41.5. The van der Waals surface area contributed by atoms with E-state index in [4.69, 9.17) is 4.74 Å². The van der Waals surface area contributed by atoms with Crippen LogP contribution in [0.4, 0.5) is 0 Å². The number of carbonyl (C=O) groups is 2. The highest BCUT2D eigenvalue weighted by atomic mass is 16.5. The van der Waals surface area contributed by atoms with E-state index < -0.39 is 0 Å². The van der Waals surface area contributed by atoms with Gasteiger partial charge in [-0.3, -0.25) is 9.59 Å². The molecule has 0 heterocycles. The molecule has 3 saturated carbocycles. The van der Waals surface area contributed by atoms with Gasteiger partial charge in [-0.25, -0.2) is 0 Å². The Hall–Kier alpha value is -1.84. The van der Waals surface area contributed by atoms with E-state index >= 15 is 0 Å². The van der Waals surface area contributed by atoms with Crippen molar-refractivity contribution in [2.45, 2.75) is 271 Å². The first-order valence-electron chi connectivity index (χ1n) is 27.9. The van der Waals surface area contributed by atoms with Crippen LogP contribution in [0, 0.1) is 40.9 Å². The molecule has 4 aliphatic carbocycles. The van der Waals surface area contributed by atoms with E-state index in [0.29, 0.717) is 24.2 Å². The molecule has 62 heavy (non-hydrogen) atoms. The van der Waals surface area contributed by atoms with Crippen molar-refractivity contribution < 1.29 is 14.3 Å². The van der Waals surface area contributed by atoms with Crippen LogP contribution in [-0.4, -0.2) is 24.5 Å². The summed E-state index contributed by atoms with van der Waals surface area (Å²) in [5.41, 5.74) is 1.85. The fourth-order valence-electron chi connectivity index (χ4n) is 12.7. The number of ether oxygens (including phenoxy) is 1. The van der Waals surface area contributed by atoms with E-state index in [0.717, 1.165) is 62.8 Å². The van der Waals surface area contributed by atoms with E-state index in [1.54, 1.807) is 5.57 Å². The van der Waals surface area contributed by atoms with Gasteiger partial charge >= 0.3 is 5.97 Å². The molecule has 1 N–H and O–H groups in total. The first-order valence-corrected chi connectivity index (χ1v) is 27.9. The lowest BCUT2D eigenvalue weighted by atomic mass is 9.50. The Balaban J connectivity index is 1.02. The second-order valence-corrected chi connectivity index (χ2v) is 21.4. The van der Waals surface area contributed by atoms with Crippen LogP contribution < -0.4 is 5.32 Å². The van der Waals surface area contributed by atoms with Crippen LogP contribution in [0.5, 0.6) is 0 Å². The lowest BCUT2D eigenvalue weighted by Crippen LogP contribution is -2.48. The number of esters is 1. The third-order valence-corrected chi connectivity index (χ3v) is 16.7. The molecule has 4 nitrogen and oxygen atoms in total. The first-order chi connectivity index (χ1) is 30.4. The second kappa shape index (κ2) is 31.9. The van der Waals surface area contributed by atoms with Crippen molar-refractivity contribution in [2.75, 3.05) is 6.54 Å². The smallest absolute Gasteiger partial charge is 0.306 e. The highest BCUT2D eigenvalue weighted by molar-refractivity contribution is 5.78. The molecule has 356 valence electrons. The first kappa shape index (κ1) is 52.8. The molecule has 4 heteroatoms. The summed E-state index contributed by atoms with van der Waals surface area (Å²) >= 11 is 0. The van der Waals surface area contributed by atoms with Crippen LogP contribution in [0.2, 0.25) is 0 Å². The van der Waals surface area contributed by atoms with Crippen LogP contribution >= 0.6 is 0 Å². The Morgan fingerprint density at radius 2 is 1.13 bits per heavy atom. The minimum Gasteiger partial charge on any atom is -0.462 e. The predicted molar refractivity (Wildman–Crippen MR) is 266 cm³/mol. The van der Waals surface area contributed by atoms with Gasteiger partial charge in [0.15, 0.2) is 0 Å². The van der Waals surface area contributed by atoms with Crippen molar-refractivity contribution in [1.82, 2.24) is 5.32 Å². The molecule has 0 aromatic rings. The number of carbonyl (C=O) groups excluding carboxylic acids is 2. The van der Waals surface area contributed by atoms with Crippen molar-refractivity contribution in [1.29, 1.82) is 0 Å². The number of rotatable bonds is 35. The van der Waals surface area contributed by atoms with Crippen molar-refractivity contribution in [3.05, 3.63) is 36.0 Å². The van der Waals surface area contributed by atoms with Gasteiger partial charge in [-0.05, 0) is 144 Å². The summed E-state index contributed by atoms with van der Waals surface area (Å²) in [5, 5.41) is 3.36. The van der Waals surface area contributed by atoms with E-state index in [-0.39, 0.29) is 23.4 Å². The number of allylic oxidation sites excluding steroid dienone is 5. The molecule has 4 rings (SSSR count). The van der Waals surface area contributed by atoms with Gasteiger partial charge in [-0.2, -0.15) is 0 Å². The standard InChI is InChI=1S/C58H101NO3/c1-5-7-9-11-13-15-17-19-21-23-25-27-29-31-33-35-37-56(60)62-50-44-45-58(4)49(47-50)38-39-54-53-41-40-51(52(53)42-43-55(54)58)48(3)57(61)59-46-36-34-32-30-28-26-24-22-20-18-16-14-12-10-8-6-2/h19-22,38,48,50-55H,5-18,23-37,39-47H2,1-4H3,(H,59,61)/b21-19-,22-20-/t48?,50-,51+,52?,53+,54-,55-,58-/m0/s1. The molecule has 0 aromatic heterocycles. The van der Waals surface area contributed by atoms with Gasteiger partial charge in [-0.15, -0.1) is 0 Å². The lowest BCUT2D eigenvalue weighted by molar-refractivity contribution is -0.151. The molecule has 1 amide bonds. The molecule has 0 aliphatic heterocycles. The lowest BCUT2D eigenvalue weighted by Gasteiger charge is -2.55. The quantitative estimate of drug-likeness (QED) is 0.0392. The number of hydrogen-bond acceptors (Lipinski definition) is 3. The van der Waals surface area contributed by atoms with Gasteiger partial charge in [0.05, 0.1) is 0 Å². The maximum Gasteiger partial charge on any atom is 0.306 e. The molecular formula is C58H101NO3. The van der Waals surface area contributed by atoms with Gasteiger partial charge in [0.1, 0.15) is 6.10 Å². The van der Waals surface area contributed by atoms with E-state index in [1.165, 1.54) is 193 Å². The maximum absolute atomic E-state index is 13.4. The fourth-order valence-corrected chi connectivity index (χ4v) is 12.7. The van der Waals surface area contributed by atoms with E-state index in [2.05, 4.69) is 63.4 Å². The molecule has 4 aliphatic rings. The third-order valence-electron chi connectivity index (χ3n) is 16.7. The topological polar surface area (TPSA) is 55.4 Å². The summed E-state index contributed by atoms with van der Waals surface area (Å²) in [4.78, 5) is 26.3. The normalized spacial score (nSPS) is 26.3. The third kappa shape index (κ3) is 18.9. The Bertz CT molecular complexity index is 1280. The summed E-state index contributed by atoms with van der Waals surface area (Å²) in [5.74, 6) is 3.99. The number of nitrogens with one attached hydrogen (secondary N) is 1. The van der Waals surface area contributed by atoms with Gasteiger partial charge < -0.3 is 10.1 Å². The molecule has 2 unspecified atom stereocenters. The van der Waals surface area contributed by atoms with Crippen molar-refractivity contribution in [3.8, 4) is 0 Å². The molecule has 8 atom stereocenters. The summed E-state index contributed by atoms with van der Waals surface area (Å²) < 4.78 is 6.14. The average Bonchev–Trinajstić information content (AvgIpc) is 3.72. The van der Waals surface area contributed by atoms with Gasteiger partial charge in [0.2, 0.25) is 5.91 Å². The minimum atomic E-state index is 0.0297. The molecular weight excluding hydrogens is 759 g/mol. The highest BCUT2D eigenvalue weighted by Gasteiger charge is 2.55. The molecule has 0 radical (unpaired) electrons. The Kier molecular flexibility index (Phi) is 27.2. The van der Waals surface area contributed by atoms with Crippen LogP contribution in [0.15, 0.2) is 36.0 Å². The van der Waals surface area contributed by atoms with E-state index in [9.17, 15) is 9.59 Å². The molecule has 0 bridgehead atoms. The number of unbranched alkanes of at least 4 members (excludes halogenated alkanes) is 24. The SMILES string of the molecule is CCCCCCCC/C=C\CCCCCCCCNC(=O)C(C)[C@H]1CC[C@@H]2C1CC[C@H]1[C@H]2CC=C2C[C@@H](OC(=O)CCCCCCCC/C=C\CCCCCCCC)CC[C@@]21C. The van der Waals surface area contributed by atoms with Crippen LogP contribution in [-0.2, 0) is 14.3 Å². The minimum absolute atomic E-state index is 0.0297. The van der Waals surface area contributed by atoms with Crippen LogP contribution in [0.25, 0.3) is 0 Å². The summed E-state index contributed by atoms with van der Waals surface area (Å²) in [7, 11) is 0. The fraction of sp³-hybridized carbons (Fsp3) is 0.862. The van der Waals surface area contributed by atoms with Crippen LogP contribution in [0.1, 0.15) is 265 Å². The van der Waals surface area contributed by atoms with Crippen LogP contribution in [0.3, 0.4) is 0 Å². The number of amides is 1. The summed E-state index contributed by atoms with van der Waals surface area (Å²) in [6.45, 7) is 10.2. The zero-order chi connectivity index (χ0) is 44.1. The van der Waals surface area contributed by atoms with Gasteiger partial charge in [0, 0.05) is 25.3 Å². The monoisotopic (exact) mass is 860 g/mol. The summed E-state index contributed by atoms with van der Waals surface area (Å²) in [6.07, 6.45) is 58.7. The van der Waals surface area contributed by atoms with Gasteiger partial charge in [-0.1, -0.05) is 179 Å². The van der Waals surface area contributed by atoms with E-state index in [1.807, 2.05) is 0 Å². The van der Waals surface area contributed by atoms with Crippen molar-refractivity contribution in [3.63, 3.8) is 0 Å². The predicted octanol–water partition coefficient (Wildman–Crippen LogP) is 17.3. The number of hydrogen-bond donors (Lipinski definition) is 1. The Morgan fingerprint density at radius 1 is 0.629 bits per heavy atom. The number of fused-ring (bicyclic) bond motifs is 5. The second-order valence-electron chi connectivity index (χ2n) is 21.4. The maximum atomic E-state index is 13.4. The molecule has 0 saturated heterocycles. The largest absolute Gasteiger partial charge is 0.462 e.